The standard InChI is InChI=1S/C14H22N2O3S/c1-10(2)9-18-7-8-19-11-5-4-6-12(20-3)13(11)14(15)16-17/h4-6,10,17H,7-9H2,1-3H3,(H2,15,16). The largest absolute Gasteiger partial charge is 0.490 e. The molecule has 0 heterocycles. The van der Waals surface area contributed by atoms with Crippen molar-refractivity contribution in [2.45, 2.75) is 18.7 Å². The third-order valence-corrected chi connectivity index (χ3v) is 3.29. The summed E-state index contributed by atoms with van der Waals surface area (Å²) in [4.78, 5) is 0.904. The molecule has 0 radical (unpaired) electrons. The zero-order valence-corrected chi connectivity index (χ0v) is 12.9. The van der Waals surface area contributed by atoms with Gasteiger partial charge in [-0.1, -0.05) is 25.1 Å². The van der Waals surface area contributed by atoms with Crippen molar-refractivity contribution in [1.29, 1.82) is 0 Å². The molecular weight excluding hydrogens is 276 g/mol. The smallest absolute Gasteiger partial charge is 0.174 e. The van der Waals surface area contributed by atoms with Crippen LogP contribution in [0.25, 0.3) is 0 Å². The van der Waals surface area contributed by atoms with Gasteiger partial charge in [0, 0.05) is 11.5 Å². The van der Waals surface area contributed by atoms with Gasteiger partial charge >= 0.3 is 0 Å². The Morgan fingerprint density at radius 1 is 1.40 bits per heavy atom. The second kappa shape index (κ2) is 8.71. The first kappa shape index (κ1) is 16.7. The van der Waals surface area contributed by atoms with Crippen LogP contribution in [0.5, 0.6) is 5.75 Å². The average molecular weight is 298 g/mol. The normalized spacial score (nSPS) is 11.9. The molecule has 20 heavy (non-hydrogen) atoms. The summed E-state index contributed by atoms with van der Waals surface area (Å²) in [5, 5.41) is 11.9. The molecule has 0 unspecified atom stereocenters. The molecule has 0 saturated heterocycles. The second-order valence-corrected chi connectivity index (χ2v) is 5.48. The summed E-state index contributed by atoms with van der Waals surface area (Å²) in [7, 11) is 0. The maximum Gasteiger partial charge on any atom is 0.174 e. The van der Waals surface area contributed by atoms with Gasteiger partial charge in [-0.25, -0.2) is 0 Å². The summed E-state index contributed by atoms with van der Waals surface area (Å²) in [5.41, 5.74) is 6.33. The fourth-order valence-electron chi connectivity index (χ4n) is 1.63. The maximum absolute atomic E-state index is 8.88. The van der Waals surface area contributed by atoms with Crippen LogP contribution in [0.1, 0.15) is 19.4 Å². The number of ether oxygens (including phenoxy) is 2. The molecule has 6 heteroatoms. The lowest BCUT2D eigenvalue weighted by Crippen LogP contribution is -2.17. The second-order valence-electron chi connectivity index (χ2n) is 4.64. The SMILES string of the molecule is CSc1cccc(OCCOCC(C)C)c1/C(N)=N/O. The van der Waals surface area contributed by atoms with Crippen molar-refractivity contribution in [3.8, 4) is 5.75 Å². The van der Waals surface area contributed by atoms with E-state index in [2.05, 4.69) is 19.0 Å². The zero-order valence-electron chi connectivity index (χ0n) is 12.1. The lowest BCUT2D eigenvalue weighted by molar-refractivity contribution is 0.0818. The van der Waals surface area contributed by atoms with Gasteiger partial charge < -0.3 is 20.4 Å². The highest BCUT2D eigenvalue weighted by Gasteiger charge is 2.13. The monoisotopic (exact) mass is 298 g/mol. The van der Waals surface area contributed by atoms with Crippen LogP contribution in [-0.2, 0) is 4.74 Å². The quantitative estimate of drug-likeness (QED) is 0.193. The van der Waals surface area contributed by atoms with E-state index in [1.54, 1.807) is 6.07 Å². The number of rotatable bonds is 8. The van der Waals surface area contributed by atoms with Crippen LogP contribution < -0.4 is 10.5 Å². The van der Waals surface area contributed by atoms with E-state index >= 15 is 0 Å². The van der Waals surface area contributed by atoms with Gasteiger partial charge in [-0.15, -0.1) is 11.8 Å². The fraction of sp³-hybridized carbons (Fsp3) is 0.500. The molecule has 0 fully saturated rings. The Morgan fingerprint density at radius 3 is 2.75 bits per heavy atom. The Kier molecular flexibility index (Phi) is 7.25. The topological polar surface area (TPSA) is 77.1 Å². The van der Waals surface area contributed by atoms with Gasteiger partial charge in [0.25, 0.3) is 0 Å². The van der Waals surface area contributed by atoms with Gasteiger partial charge in [0.15, 0.2) is 5.84 Å². The molecule has 5 nitrogen and oxygen atoms in total. The Morgan fingerprint density at radius 2 is 2.15 bits per heavy atom. The third-order valence-electron chi connectivity index (χ3n) is 2.51. The number of nitrogens with two attached hydrogens (primary N) is 1. The van der Waals surface area contributed by atoms with Crippen LogP contribution in [0.3, 0.4) is 0 Å². The van der Waals surface area contributed by atoms with Crippen molar-refractivity contribution in [3.63, 3.8) is 0 Å². The predicted molar refractivity (Wildman–Crippen MR) is 81.9 cm³/mol. The Labute approximate surface area is 124 Å². The molecule has 0 bridgehead atoms. The van der Waals surface area contributed by atoms with E-state index in [0.29, 0.717) is 37.1 Å². The Balaban J connectivity index is 2.70. The highest BCUT2D eigenvalue weighted by molar-refractivity contribution is 7.98. The van der Waals surface area contributed by atoms with E-state index in [1.807, 2.05) is 18.4 Å². The molecule has 3 N–H and O–H groups in total. The highest BCUT2D eigenvalue weighted by Crippen LogP contribution is 2.28. The summed E-state index contributed by atoms with van der Waals surface area (Å²) in [6.07, 6.45) is 1.93. The first-order valence-corrected chi connectivity index (χ1v) is 7.68. The van der Waals surface area contributed by atoms with E-state index in [0.717, 1.165) is 4.90 Å². The van der Waals surface area contributed by atoms with E-state index < -0.39 is 0 Å². The number of hydrogen-bond donors (Lipinski definition) is 2. The molecular formula is C14H22N2O3S. The molecule has 0 aliphatic heterocycles. The van der Waals surface area contributed by atoms with Gasteiger partial charge in [0.2, 0.25) is 0 Å². The molecule has 0 aliphatic carbocycles. The zero-order chi connectivity index (χ0) is 15.0. The van der Waals surface area contributed by atoms with Crippen LogP contribution in [0.4, 0.5) is 0 Å². The number of benzene rings is 1. The Hall–Kier alpha value is -1.40. The van der Waals surface area contributed by atoms with Crippen molar-refractivity contribution in [2.24, 2.45) is 16.8 Å². The predicted octanol–water partition coefficient (Wildman–Crippen LogP) is 2.55. The number of oxime groups is 1. The molecule has 0 aliphatic rings. The number of amidine groups is 1. The van der Waals surface area contributed by atoms with E-state index in [4.69, 9.17) is 20.4 Å². The molecule has 1 aromatic rings. The van der Waals surface area contributed by atoms with Crippen molar-refractivity contribution >= 4 is 17.6 Å². The van der Waals surface area contributed by atoms with Crippen LogP contribution in [0, 0.1) is 5.92 Å². The minimum Gasteiger partial charge on any atom is -0.490 e. The van der Waals surface area contributed by atoms with Gasteiger partial charge in [-0.2, -0.15) is 0 Å². The van der Waals surface area contributed by atoms with Gasteiger partial charge in [-0.3, -0.25) is 0 Å². The highest BCUT2D eigenvalue weighted by atomic mass is 32.2. The molecule has 0 saturated carbocycles. The molecule has 0 amide bonds. The summed E-state index contributed by atoms with van der Waals surface area (Å²) in [6, 6.07) is 5.58. The van der Waals surface area contributed by atoms with Gasteiger partial charge in [0.05, 0.1) is 12.2 Å². The number of thioether (sulfide) groups is 1. The molecule has 0 aromatic heterocycles. The molecule has 1 aromatic carbocycles. The first-order chi connectivity index (χ1) is 9.60. The fourth-order valence-corrected chi connectivity index (χ4v) is 2.26. The molecule has 112 valence electrons. The van der Waals surface area contributed by atoms with Gasteiger partial charge in [-0.05, 0) is 24.3 Å². The number of hydrogen-bond acceptors (Lipinski definition) is 5. The first-order valence-electron chi connectivity index (χ1n) is 6.45. The summed E-state index contributed by atoms with van der Waals surface area (Å²) in [6.45, 7) is 5.84. The van der Waals surface area contributed by atoms with E-state index in [-0.39, 0.29) is 5.84 Å². The van der Waals surface area contributed by atoms with Crippen LogP contribution >= 0.6 is 11.8 Å². The van der Waals surface area contributed by atoms with Gasteiger partial charge in [0.1, 0.15) is 12.4 Å². The molecule has 1 rings (SSSR count). The van der Waals surface area contributed by atoms with E-state index in [9.17, 15) is 0 Å². The summed E-state index contributed by atoms with van der Waals surface area (Å²) < 4.78 is 11.1. The minimum atomic E-state index is 0.0491. The van der Waals surface area contributed by atoms with Crippen molar-refractivity contribution in [1.82, 2.24) is 0 Å². The average Bonchev–Trinajstić information content (AvgIpc) is 2.45. The third kappa shape index (κ3) is 4.94. The van der Waals surface area contributed by atoms with Crippen LogP contribution in [0.15, 0.2) is 28.3 Å². The number of nitrogens with zero attached hydrogens (tertiary/aromatic N) is 1. The lowest BCUT2D eigenvalue weighted by atomic mass is 10.2. The van der Waals surface area contributed by atoms with Crippen LogP contribution in [0.2, 0.25) is 0 Å². The molecule has 0 spiro atoms. The van der Waals surface area contributed by atoms with Crippen LogP contribution in [-0.4, -0.2) is 37.1 Å². The molecule has 0 atom stereocenters. The van der Waals surface area contributed by atoms with Crippen molar-refractivity contribution in [2.75, 3.05) is 26.1 Å². The van der Waals surface area contributed by atoms with Crippen molar-refractivity contribution < 1.29 is 14.7 Å². The summed E-state index contributed by atoms with van der Waals surface area (Å²) >= 11 is 1.52. The Bertz CT molecular complexity index is 450. The summed E-state index contributed by atoms with van der Waals surface area (Å²) in [5.74, 6) is 1.15. The minimum absolute atomic E-state index is 0.0491. The maximum atomic E-state index is 8.88. The van der Waals surface area contributed by atoms with E-state index in [1.165, 1.54) is 11.8 Å². The van der Waals surface area contributed by atoms with Crippen molar-refractivity contribution in [3.05, 3.63) is 23.8 Å². The lowest BCUT2D eigenvalue weighted by Gasteiger charge is -2.14.